The highest BCUT2D eigenvalue weighted by Gasteiger charge is 2.26. The Morgan fingerprint density at radius 3 is 2.95 bits per heavy atom. The second-order valence-corrected chi connectivity index (χ2v) is 4.88. The number of hydrogen-bond acceptors (Lipinski definition) is 3. The maximum absolute atomic E-state index is 12.2. The summed E-state index contributed by atoms with van der Waals surface area (Å²) in [6.45, 7) is 3.04. The van der Waals surface area contributed by atoms with Crippen molar-refractivity contribution in [1.82, 2.24) is 10.2 Å². The fraction of sp³-hybridized carbons (Fsp3) is 0.533. The van der Waals surface area contributed by atoms with Gasteiger partial charge >= 0.3 is 0 Å². The Labute approximate surface area is 114 Å². The molecule has 0 radical (unpaired) electrons. The van der Waals surface area contributed by atoms with Crippen LogP contribution in [0.25, 0.3) is 0 Å². The molecule has 1 saturated heterocycles. The minimum Gasteiger partial charge on any atom is -0.384 e. The molecule has 0 aliphatic carbocycles. The molecule has 2 rings (SSSR count). The van der Waals surface area contributed by atoms with Crippen molar-refractivity contribution in [2.75, 3.05) is 33.4 Å². The van der Waals surface area contributed by atoms with Crippen LogP contribution in [0.1, 0.15) is 12.0 Å². The van der Waals surface area contributed by atoms with Gasteiger partial charge in [-0.2, -0.15) is 0 Å². The first-order chi connectivity index (χ1) is 9.31. The lowest BCUT2D eigenvalue weighted by Gasteiger charge is -2.36. The number of nitrogens with one attached hydrogen (secondary N) is 1. The van der Waals surface area contributed by atoms with Crippen LogP contribution >= 0.6 is 0 Å². The number of carbonyl (C=O) groups is 1. The van der Waals surface area contributed by atoms with E-state index in [1.165, 1.54) is 5.56 Å². The van der Waals surface area contributed by atoms with E-state index in [2.05, 4.69) is 17.4 Å². The quantitative estimate of drug-likeness (QED) is 0.863. The predicted octanol–water partition coefficient (Wildman–Crippen LogP) is 1.07. The lowest BCUT2D eigenvalue weighted by atomic mass is 10.0. The second kappa shape index (κ2) is 7.26. The Hall–Kier alpha value is -1.39. The highest BCUT2D eigenvalue weighted by Crippen LogP contribution is 2.12. The van der Waals surface area contributed by atoms with E-state index in [9.17, 15) is 4.79 Å². The molecule has 4 heteroatoms. The summed E-state index contributed by atoms with van der Waals surface area (Å²) in [6, 6.07) is 10.6. The Bertz CT molecular complexity index is 394. The van der Waals surface area contributed by atoms with Gasteiger partial charge in [0.1, 0.15) is 0 Å². The zero-order valence-corrected chi connectivity index (χ0v) is 11.5. The largest absolute Gasteiger partial charge is 0.384 e. The second-order valence-electron chi connectivity index (χ2n) is 4.88. The summed E-state index contributed by atoms with van der Waals surface area (Å²) in [4.78, 5) is 14.2. The molecule has 4 nitrogen and oxygen atoms in total. The Morgan fingerprint density at radius 2 is 2.21 bits per heavy atom. The van der Waals surface area contributed by atoms with E-state index in [0.717, 1.165) is 26.1 Å². The number of hydrogen-bond donors (Lipinski definition) is 1. The summed E-state index contributed by atoms with van der Waals surface area (Å²) >= 11 is 0. The number of methoxy groups -OCH3 is 1. The maximum atomic E-state index is 12.2. The number of ether oxygens (including phenoxy) is 1. The van der Waals surface area contributed by atoms with E-state index in [0.29, 0.717) is 13.0 Å². The van der Waals surface area contributed by atoms with E-state index in [1.54, 1.807) is 7.11 Å². The SMILES string of the molecule is COCCC(=O)N1CCNCC1Cc1ccccc1. The molecule has 1 aromatic carbocycles. The third kappa shape index (κ3) is 4.04. The minimum atomic E-state index is 0.198. The van der Waals surface area contributed by atoms with Gasteiger partial charge < -0.3 is 15.0 Å². The molecule has 1 heterocycles. The molecule has 1 aliphatic rings. The fourth-order valence-electron chi connectivity index (χ4n) is 2.49. The van der Waals surface area contributed by atoms with Gasteiger partial charge in [-0.05, 0) is 12.0 Å². The first-order valence-corrected chi connectivity index (χ1v) is 6.84. The van der Waals surface area contributed by atoms with E-state index in [4.69, 9.17) is 4.74 Å². The normalized spacial score (nSPS) is 19.4. The van der Waals surface area contributed by atoms with Crippen molar-refractivity contribution in [2.45, 2.75) is 18.9 Å². The molecule has 1 aromatic rings. The summed E-state index contributed by atoms with van der Waals surface area (Å²) in [5, 5.41) is 3.37. The van der Waals surface area contributed by atoms with Crippen LogP contribution in [0.5, 0.6) is 0 Å². The van der Waals surface area contributed by atoms with Gasteiger partial charge in [0, 0.05) is 32.8 Å². The number of benzene rings is 1. The molecule has 0 spiro atoms. The Morgan fingerprint density at radius 1 is 1.42 bits per heavy atom. The Balaban J connectivity index is 1.97. The molecule has 1 atom stereocenters. The number of amides is 1. The smallest absolute Gasteiger partial charge is 0.225 e. The summed E-state index contributed by atoms with van der Waals surface area (Å²) in [5.41, 5.74) is 1.28. The van der Waals surface area contributed by atoms with E-state index >= 15 is 0 Å². The topological polar surface area (TPSA) is 41.6 Å². The number of rotatable bonds is 5. The van der Waals surface area contributed by atoms with Gasteiger partial charge in [-0.15, -0.1) is 0 Å². The van der Waals surface area contributed by atoms with Gasteiger partial charge in [0.2, 0.25) is 5.91 Å². The lowest BCUT2D eigenvalue weighted by molar-refractivity contribution is -0.135. The highest BCUT2D eigenvalue weighted by molar-refractivity contribution is 5.76. The highest BCUT2D eigenvalue weighted by atomic mass is 16.5. The van der Waals surface area contributed by atoms with E-state index in [1.807, 2.05) is 23.1 Å². The van der Waals surface area contributed by atoms with Crippen LogP contribution < -0.4 is 5.32 Å². The van der Waals surface area contributed by atoms with Crippen LogP contribution in [-0.2, 0) is 16.0 Å². The van der Waals surface area contributed by atoms with Gasteiger partial charge in [0.25, 0.3) is 0 Å². The minimum absolute atomic E-state index is 0.198. The van der Waals surface area contributed by atoms with Crippen LogP contribution in [0.4, 0.5) is 0 Å². The monoisotopic (exact) mass is 262 g/mol. The van der Waals surface area contributed by atoms with Crippen LogP contribution in [-0.4, -0.2) is 50.2 Å². The average Bonchev–Trinajstić information content (AvgIpc) is 2.46. The molecular formula is C15H22N2O2. The summed E-state index contributed by atoms with van der Waals surface area (Å²) in [5.74, 6) is 0.198. The third-order valence-corrected chi connectivity index (χ3v) is 3.50. The van der Waals surface area contributed by atoms with Crippen molar-refractivity contribution >= 4 is 5.91 Å². The molecule has 104 valence electrons. The lowest BCUT2D eigenvalue weighted by Crippen LogP contribution is -2.54. The van der Waals surface area contributed by atoms with Crippen LogP contribution in [0.3, 0.4) is 0 Å². The molecular weight excluding hydrogens is 240 g/mol. The third-order valence-electron chi connectivity index (χ3n) is 3.50. The summed E-state index contributed by atoms with van der Waals surface area (Å²) < 4.78 is 4.99. The number of piperazine rings is 1. The molecule has 0 bridgehead atoms. The molecule has 1 amide bonds. The van der Waals surface area contributed by atoms with Crippen molar-refractivity contribution in [1.29, 1.82) is 0 Å². The molecule has 1 fully saturated rings. The number of nitrogens with zero attached hydrogens (tertiary/aromatic N) is 1. The molecule has 1 N–H and O–H groups in total. The molecule has 1 aliphatic heterocycles. The summed E-state index contributed by atoms with van der Waals surface area (Å²) in [6.07, 6.45) is 1.38. The molecule has 0 saturated carbocycles. The van der Waals surface area contributed by atoms with Crippen molar-refractivity contribution in [3.8, 4) is 0 Å². The van der Waals surface area contributed by atoms with Crippen LogP contribution in [0, 0.1) is 0 Å². The van der Waals surface area contributed by atoms with Crippen LogP contribution in [0.2, 0.25) is 0 Å². The molecule has 0 aromatic heterocycles. The molecule has 1 unspecified atom stereocenters. The van der Waals surface area contributed by atoms with E-state index < -0.39 is 0 Å². The standard InChI is InChI=1S/C15H22N2O2/c1-19-10-7-15(18)17-9-8-16-12-14(17)11-13-5-3-2-4-6-13/h2-6,14,16H,7-12H2,1H3. The summed E-state index contributed by atoms with van der Waals surface area (Å²) in [7, 11) is 1.63. The van der Waals surface area contributed by atoms with Gasteiger partial charge in [0.15, 0.2) is 0 Å². The first-order valence-electron chi connectivity index (χ1n) is 6.84. The average molecular weight is 262 g/mol. The van der Waals surface area contributed by atoms with Gasteiger partial charge in [-0.25, -0.2) is 0 Å². The maximum Gasteiger partial charge on any atom is 0.225 e. The van der Waals surface area contributed by atoms with Gasteiger partial charge in [0.05, 0.1) is 13.0 Å². The van der Waals surface area contributed by atoms with Crippen molar-refractivity contribution in [3.63, 3.8) is 0 Å². The van der Waals surface area contributed by atoms with Gasteiger partial charge in [-0.3, -0.25) is 4.79 Å². The van der Waals surface area contributed by atoms with Crippen molar-refractivity contribution in [2.24, 2.45) is 0 Å². The predicted molar refractivity (Wildman–Crippen MR) is 75.0 cm³/mol. The first kappa shape index (κ1) is 14.0. The number of carbonyl (C=O) groups excluding carboxylic acids is 1. The molecule has 19 heavy (non-hydrogen) atoms. The zero-order valence-electron chi connectivity index (χ0n) is 11.5. The van der Waals surface area contributed by atoms with Crippen LogP contribution in [0.15, 0.2) is 30.3 Å². The van der Waals surface area contributed by atoms with Gasteiger partial charge in [-0.1, -0.05) is 30.3 Å². The van der Waals surface area contributed by atoms with E-state index in [-0.39, 0.29) is 11.9 Å². The Kier molecular flexibility index (Phi) is 5.36. The zero-order chi connectivity index (χ0) is 13.5. The fourth-order valence-corrected chi connectivity index (χ4v) is 2.49. The van der Waals surface area contributed by atoms with Crippen molar-refractivity contribution < 1.29 is 9.53 Å². The van der Waals surface area contributed by atoms with Crippen molar-refractivity contribution in [3.05, 3.63) is 35.9 Å².